The molecule has 0 spiro atoms. The molecule has 45 heavy (non-hydrogen) atoms. The van der Waals surface area contributed by atoms with Gasteiger partial charge in [-0.2, -0.15) is 0 Å². The van der Waals surface area contributed by atoms with Crippen molar-refractivity contribution in [2.45, 2.75) is 129 Å². The van der Waals surface area contributed by atoms with E-state index >= 15 is 0 Å². The highest BCUT2D eigenvalue weighted by Gasteiger charge is 2.31. The Morgan fingerprint density at radius 1 is 0.711 bits per heavy atom. The smallest absolute Gasteiger partial charge is 0.362 e. The summed E-state index contributed by atoms with van der Waals surface area (Å²) in [7, 11) is 5.47. The van der Waals surface area contributed by atoms with Crippen LogP contribution in [0.3, 0.4) is 0 Å². The van der Waals surface area contributed by atoms with Crippen LogP contribution in [-0.2, 0) is 28.6 Å². The molecule has 2 atom stereocenters. The predicted octanol–water partition coefficient (Wildman–Crippen LogP) is 8.12. The Hall–Kier alpha value is -2.71. The summed E-state index contributed by atoms with van der Waals surface area (Å²) in [6.45, 7) is 4.43. The monoisotopic (exact) mass is 634 g/mol. The molecule has 8 nitrogen and oxygen atoms in total. The molecule has 0 aromatic carbocycles. The molecule has 0 aliphatic rings. The van der Waals surface area contributed by atoms with Crippen LogP contribution in [0.4, 0.5) is 0 Å². The van der Waals surface area contributed by atoms with Crippen LogP contribution >= 0.6 is 0 Å². The van der Waals surface area contributed by atoms with Gasteiger partial charge in [-0.05, 0) is 51.4 Å². The van der Waals surface area contributed by atoms with Crippen LogP contribution in [-0.4, -0.2) is 80.6 Å². The highest BCUT2D eigenvalue weighted by molar-refractivity contribution is 5.72. The lowest BCUT2D eigenvalue weighted by molar-refractivity contribution is -0.887. The third kappa shape index (κ3) is 27.3. The maximum absolute atomic E-state index is 12.5. The summed E-state index contributed by atoms with van der Waals surface area (Å²) in [6.07, 6.45) is 30.5. The number of carbonyl (C=O) groups excluding carboxylic acids is 2. The first-order valence-corrected chi connectivity index (χ1v) is 17.2. The molecular weight excluding hydrogens is 570 g/mol. The van der Waals surface area contributed by atoms with Gasteiger partial charge in [0.25, 0.3) is 0 Å². The Kier molecular flexibility index (Phi) is 27.0. The number of carboxylic acid groups (broad SMARTS) is 1. The van der Waals surface area contributed by atoms with Crippen molar-refractivity contribution in [3.8, 4) is 0 Å². The second kappa shape index (κ2) is 28.7. The number of rotatable bonds is 29. The van der Waals surface area contributed by atoms with Gasteiger partial charge in [-0.25, -0.2) is 4.79 Å². The van der Waals surface area contributed by atoms with E-state index in [4.69, 9.17) is 14.2 Å². The van der Waals surface area contributed by atoms with E-state index in [1.54, 1.807) is 6.08 Å². The van der Waals surface area contributed by atoms with E-state index < -0.39 is 24.1 Å². The minimum Gasteiger partial charge on any atom is -0.477 e. The van der Waals surface area contributed by atoms with E-state index in [-0.39, 0.29) is 36.7 Å². The van der Waals surface area contributed by atoms with E-state index in [0.29, 0.717) is 12.8 Å². The number of unbranched alkanes of at least 4 members (excludes halogenated alkanes) is 8. The number of hydrogen-bond acceptors (Lipinski definition) is 6. The van der Waals surface area contributed by atoms with Crippen molar-refractivity contribution in [3.05, 3.63) is 48.6 Å². The SMILES string of the molecule is CC/C=C/C/C=C/C/C=C/CC(=O)OC(COCCC(C(=O)O)[N+](C)(C)C)COC(=O)CCCCCCC/C=C/CCCCC. The zero-order chi connectivity index (χ0) is 33.6. The van der Waals surface area contributed by atoms with Gasteiger partial charge in [0.1, 0.15) is 6.61 Å². The number of allylic oxidation sites excluding steroid dienone is 7. The first kappa shape index (κ1) is 42.3. The number of hydrogen-bond donors (Lipinski definition) is 1. The minimum atomic E-state index is -0.892. The highest BCUT2D eigenvalue weighted by atomic mass is 16.6. The average molecular weight is 635 g/mol. The maximum Gasteiger partial charge on any atom is 0.362 e. The lowest BCUT2D eigenvalue weighted by atomic mass is 10.1. The van der Waals surface area contributed by atoms with Crippen molar-refractivity contribution in [2.24, 2.45) is 0 Å². The number of ether oxygens (including phenoxy) is 3. The van der Waals surface area contributed by atoms with Crippen molar-refractivity contribution in [1.29, 1.82) is 0 Å². The fourth-order valence-corrected chi connectivity index (χ4v) is 4.56. The molecule has 0 aliphatic carbocycles. The topological polar surface area (TPSA) is 99.1 Å². The second-order valence-electron chi connectivity index (χ2n) is 12.4. The Balaban J connectivity index is 4.58. The largest absolute Gasteiger partial charge is 0.477 e. The molecule has 0 aliphatic heterocycles. The normalized spacial score (nSPS) is 13.7. The van der Waals surface area contributed by atoms with Gasteiger partial charge in [0.15, 0.2) is 12.1 Å². The molecule has 0 radical (unpaired) electrons. The van der Waals surface area contributed by atoms with Gasteiger partial charge in [0, 0.05) is 12.8 Å². The van der Waals surface area contributed by atoms with Gasteiger partial charge < -0.3 is 23.8 Å². The summed E-state index contributed by atoms with van der Waals surface area (Å²) >= 11 is 0. The predicted molar refractivity (Wildman–Crippen MR) is 183 cm³/mol. The van der Waals surface area contributed by atoms with Crippen LogP contribution < -0.4 is 0 Å². The molecule has 0 fully saturated rings. The Morgan fingerprint density at radius 2 is 1.31 bits per heavy atom. The zero-order valence-corrected chi connectivity index (χ0v) is 29.1. The lowest BCUT2D eigenvalue weighted by Crippen LogP contribution is -2.50. The fraction of sp³-hybridized carbons (Fsp3) is 0.703. The molecule has 2 unspecified atom stereocenters. The van der Waals surface area contributed by atoms with Crippen LogP contribution in [0.2, 0.25) is 0 Å². The Labute approximate surface area is 274 Å². The number of aliphatic carboxylic acids is 1. The molecule has 0 aromatic heterocycles. The van der Waals surface area contributed by atoms with Crippen LogP contribution in [0.1, 0.15) is 117 Å². The number of esters is 2. The lowest BCUT2D eigenvalue weighted by Gasteiger charge is -2.31. The number of carboxylic acids is 1. The summed E-state index contributed by atoms with van der Waals surface area (Å²) in [4.78, 5) is 36.5. The summed E-state index contributed by atoms with van der Waals surface area (Å²) in [5, 5.41) is 9.54. The van der Waals surface area contributed by atoms with Gasteiger partial charge in [-0.3, -0.25) is 9.59 Å². The molecule has 0 heterocycles. The first-order chi connectivity index (χ1) is 21.6. The third-order valence-corrected chi connectivity index (χ3v) is 7.25. The fourth-order valence-electron chi connectivity index (χ4n) is 4.56. The molecule has 0 amide bonds. The molecule has 0 bridgehead atoms. The molecule has 1 N–H and O–H groups in total. The number of carbonyl (C=O) groups is 3. The maximum atomic E-state index is 12.5. The van der Waals surface area contributed by atoms with E-state index in [1.165, 1.54) is 32.1 Å². The quantitative estimate of drug-likeness (QED) is 0.0384. The minimum absolute atomic E-state index is 0.0211. The number of quaternary nitrogens is 1. The van der Waals surface area contributed by atoms with Gasteiger partial charge in [-0.15, -0.1) is 0 Å². The van der Waals surface area contributed by atoms with Gasteiger partial charge >= 0.3 is 17.9 Å². The van der Waals surface area contributed by atoms with E-state index in [2.05, 4.69) is 44.2 Å². The first-order valence-electron chi connectivity index (χ1n) is 17.2. The van der Waals surface area contributed by atoms with Crippen molar-refractivity contribution < 1.29 is 38.2 Å². The van der Waals surface area contributed by atoms with Crippen molar-refractivity contribution >= 4 is 17.9 Å². The van der Waals surface area contributed by atoms with E-state index in [9.17, 15) is 19.5 Å². The number of likely N-dealkylation sites (N-methyl/N-ethyl adjacent to an activating group) is 1. The molecule has 8 heteroatoms. The molecule has 0 rings (SSSR count). The average Bonchev–Trinajstić information content (AvgIpc) is 2.98. The van der Waals surface area contributed by atoms with Crippen molar-refractivity contribution in [3.63, 3.8) is 0 Å². The molecule has 0 saturated heterocycles. The van der Waals surface area contributed by atoms with Crippen molar-refractivity contribution in [1.82, 2.24) is 0 Å². The summed E-state index contributed by atoms with van der Waals surface area (Å²) < 4.78 is 17.0. The van der Waals surface area contributed by atoms with Crippen molar-refractivity contribution in [2.75, 3.05) is 41.0 Å². The van der Waals surface area contributed by atoms with Gasteiger partial charge in [0.05, 0.1) is 40.8 Å². The Bertz CT molecular complexity index is 886. The van der Waals surface area contributed by atoms with Gasteiger partial charge in [0.2, 0.25) is 0 Å². The number of nitrogens with zero attached hydrogens (tertiary/aromatic N) is 1. The van der Waals surface area contributed by atoms with E-state index in [0.717, 1.165) is 51.4 Å². The van der Waals surface area contributed by atoms with Crippen LogP contribution in [0.25, 0.3) is 0 Å². The zero-order valence-electron chi connectivity index (χ0n) is 29.1. The molecule has 0 saturated carbocycles. The summed E-state index contributed by atoms with van der Waals surface area (Å²) in [6, 6.07) is -0.627. The van der Waals surface area contributed by atoms with Crippen LogP contribution in [0.15, 0.2) is 48.6 Å². The van der Waals surface area contributed by atoms with Gasteiger partial charge in [-0.1, -0.05) is 94.6 Å². The summed E-state index contributed by atoms with van der Waals surface area (Å²) in [5.74, 6) is -1.64. The third-order valence-electron chi connectivity index (χ3n) is 7.25. The molecule has 258 valence electrons. The standard InChI is InChI=1S/C37H63NO7/c1-6-8-10-12-14-16-17-18-20-21-23-25-27-35(39)44-32-33(31-43-30-29-34(37(41)42)38(3,4)5)45-36(40)28-26-24-22-19-15-13-11-9-7-2/h9,11,14-16,19,24,26,33-34H,6-8,10,12-13,17-18,20-23,25,27-32H2,1-5H3/p+1/b11-9+,16-14+,19-15+,26-24+. The molecular formula is C37H64NO7+. The Morgan fingerprint density at radius 3 is 1.93 bits per heavy atom. The molecule has 0 aromatic rings. The summed E-state index contributed by atoms with van der Waals surface area (Å²) in [5.41, 5.74) is 0. The second-order valence-corrected chi connectivity index (χ2v) is 12.4. The van der Waals surface area contributed by atoms with Crippen LogP contribution in [0.5, 0.6) is 0 Å². The van der Waals surface area contributed by atoms with Crippen LogP contribution in [0, 0.1) is 0 Å². The highest BCUT2D eigenvalue weighted by Crippen LogP contribution is 2.11. The van der Waals surface area contributed by atoms with E-state index in [1.807, 2.05) is 33.3 Å².